The van der Waals surface area contributed by atoms with E-state index in [1.807, 2.05) is 68.8 Å². The number of hydrogen-bond donors (Lipinski definition) is 0. The molecule has 0 saturated heterocycles. The van der Waals surface area contributed by atoms with Crippen molar-refractivity contribution in [3.05, 3.63) is 98.2 Å². The third-order valence-corrected chi connectivity index (χ3v) is 6.11. The Kier molecular flexibility index (Phi) is 5.17. The van der Waals surface area contributed by atoms with Crippen molar-refractivity contribution in [3.63, 3.8) is 0 Å². The highest BCUT2D eigenvalue weighted by atomic mass is 35.5. The van der Waals surface area contributed by atoms with E-state index in [1.165, 1.54) is 0 Å². The van der Waals surface area contributed by atoms with Crippen molar-refractivity contribution in [3.8, 4) is 17.1 Å². The first-order valence-electron chi connectivity index (χ1n) is 10.7. The lowest BCUT2D eigenvalue weighted by molar-refractivity contribution is 0.537. The second-order valence-corrected chi connectivity index (χ2v) is 8.75. The van der Waals surface area contributed by atoms with Crippen LogP contribution in [0.2, 0.25) is 5.02 Å². The second-order valence-electron chi connectivity index (χ2n) is 8.31. The quantitative estimate of drug-likeness (QED) is 0.342. The van der Waals surface area contributed by atoms with Crippen LogP contribution in [0, 0.1) is 27.7 Å². The van der Waals surface area contributed by atoms with E-state index in [-0.39, 0.29) is 12.1 Å². The average Bonchev–Trinajstić information content (AvgIpc) is 3.32. The van der Waals surface area contributed by atoms with Gasteiger partial charge in [-0.2, -0.15) is 5.10 Å². The van der Waals surface area contributed by atoms with Crippen molar-refractivity contribution in [1.29, 1.82) is 0 Å². The van der Waals surface area contributed by atoms with Gasteiger partial charge in [-0.3, -0.25) is 9.36 Å². The molecule has 0 amide bonds. The van der Waals surface area contributed by atoms with Crippen molar-refractivity contribution in [1.82, 2.24) is 19.3 Å². The summed E-state index contributed by atoms with van der Waals surface area (Å²) in [7, 11) is 0. The number of fused-ring (bicyclic) bond motifs is 1. The van der Waals surface area contributed by atoms with Gasteiger partial charge in [-0.1, -0.05) is 29.3 Å². The number of pyridine rings is 1. The smallest absolute Gasteiger partial charge is 0.252 e. The minimum absolute atomic E-state index is 0.108. The average molecular weight is 459 g/mol. The van der Waals surface area contributed by atoms with Gasteiger partial charge in [0.05, 0.1) is 17.9 Å². The third-order valence-electron chi connectivity index (χ3n) is 5.86. The number of aryl methyl sites for hydroxylation is 4. The summed E-state index contributed by atoms with van der Waals surface area (Å²) in [5.74, 6) is 1.16. The topological polar surface area (TPSA) is 65.8 Å². The van der Waals surface area contributed by atoms with E-state index >= 15 is 0 Å². The maximum Gasteiger partial charge on any atom is 0.252 e. The molecular formula is C26H23ClN4O2. The summed E-state index contributed by atoms with van der Waals surface area (Å²) in [5, 5.41) is 6.39. The Bertz CT molecular complexity index is 1540. The van der Waals surface area contributed by atoms with E-state index in [0.29, 0.717) is 22.4 Å². The molecule has 7 heteroatoms. The van der Waals surface area contributed by atoms with E-state index in [2.05, 4.69) is 0 Å². The van der Waals surface area contributed by atoms with Gasteiger partial charge in [0.2, 0.25) is 5.89 Å². The van der Waals surface area contributed by atoms with Crippen molar-refractivity contribution in [2.45, 2.75) is 34.2 Å². The van der Waals surface area contributed by atoms with Gasteiger partial charge in [0.15, 0.2) is 0 Å². The summed E-state index contributed by atoms with van der Waals surface area (Å²) in [5.41, 5.74) is 6.00. The van der Waals surface area contributed by atoms with Gasteiger partial charge in [-0.25, -0.2) is 9.67 Å². The van der Waals surface area contributed by atoms with Gasteiger partial charge in [0.25, 0.3) is 5.56 Å². The van der Waals surface area contributed by atoms with Crippen molar-refractivity contribution >= 4 is 22.6 Å². The van der Waals surface area contributed by atoms with E-state index in [0.717, 1.165) is 39.1 Å². The lowest BCUT2D eigenvalue weighted by Crippen LogP contribution is -2.23. The van der Waals surface area contributed by atoms with Crippen LogP contribution in [0.15, 0.2) is 63.8 Å². The SMILES string of the molecule is Cc1ccc(-n2nc(C)c3c(C)cc(=O)n(Cc4nc(-c5ccc(Cl)cc5)oc4C)c32)cc1. The Labute approximate surface area is 196 Å². The highest BCUT2D eigenvalue weighted by Gasteiger charge is 2.20. The highest BCUT2D eigenvalue weighted by Crippen LogP contribution is 2.27. The van der Waals surface area contributed by atoms with Crippen molar-refractivity contribution in [2.75, 3.05) is 0 Å². The fourth-order valence-electron chi connectivity index (χ4n) is 4.12. The summed E-state index contributed by atoms with van der Waals surface area (Å²) in [6, 6.07) is 17.1. The van der Waals surface area contributed by atoms with Crippen LogP contribution in [-0.4, -0.2) is 19.3 Å². The molecule has 0 spiro atoms. The Morgan fingerprint density at radius 2 is 1.67 bits per heavy atom. The summed E-state index contributed by atoms with van der Waals surface area (Å²) in [4.78, 5) is 17.9. The predicted molar refractivity (Wildman–Crippen MR) is 130 cm³/mol. The fourth-order valence-corrected chi connectivity index (χ4v) is 4.25. The number of rotatable bonds is 4. The molecule has 0 radical (unpaired) electrons. The summed E-state index contributed by atoms with van der Waals surface area (Å²) >= 11 is 6.01. The van der Waals surface area contributed by atoms with Gasteiger partial charge >= 0.3 is 0 Å². The minimum Gasteiger partial charge on any atom is -0.441 e. The van der Waals surface area contributed by atoms with E-state index in [1.54, 1.807) is 22.8 Å². The van der Waals surface area contributed by atoms with E-state index < -0.39 is 0 Å². The van der Waals surface area contributed by atoms with E-state index in [9.17, 15) is 4.79 Å². The summed E-state index contributed by atoms with van der Waals surface area (Å²) in [6.45, 7) is 8.09. The van der Waals surface area contributed by atoms with Crippen LogP contribution < -0.4 is 5.56 Å². The molecule has 5 rings (SSSR count). The molecule has 0 fully saturated rings. The predicted octanol–water partition coefficient (Wildman–Crippen LogP) is 5.78. The molecule has 3 heterocycles. The maximum absolute atomic E-state index is 13.2. The summed E-state index contributed by atoms with van der Waals surface area (Å²) in [6.07, 6.45) is 0. The molecule has 166 valence electrons. The molecule has 0 aliphatic carbocycles. The highest BCUT2D eigenvalue weighted by molar-refractivity contribution is 6.30. The second kappa shape index (κ2) is 8.05. The van der Waals surface area contributed by atoms with Crippen LogP contribution in [-0.2, 0) is 6.54 Å². The van der Waals surface area contributed by atoms with Gasteiger partial charge in [0, 0.05) is 22.0 Å². The molecule has 5 aromatic rings. The largest absolute Gasteiger partial charge is 0.441 e. The van der Waals surface area contributed by atoms with Crippen molar-refractivity contribution in [2.24, 2.45) is 0 Å². The molecule has 33 heavy (non-hydrogen) atoms. The zero-order valence-electron chi connectivity index (χ0n) is 18.9. The van der Waals surface area contributed by atoms with Crippen LogP contribution >= 0.6 is 11.6 Å². The first-order chi connectivity index (χ1) is 15.8. The fraction of sp³-hybridized carbons (Fsp3) is 0.192. The third kappa shape index (κ3) is 3.76. The Morgan fingerprint density at radius 1 is 0.970 bits per heavy atom. The summed E-state index contributed by atoms with van der Waals surface area (Å²) < 4.78 is 9.49. The monoisotopic (exact) mass is 458 g/mol. The van der Waals surface area contributed by atoms with Crippen LogP contribution in [0.5, 0.6) is 0 Å². The van der Waals surface area contributed by atoms with Crippen LogP contribution in [0.4, 0.5) is 0 Å². The van der Waals surface area contributed by atoms with Crippen LogP contribution in [0.25, 0.3) is 28.2 Å². The maximum atomic E-state index is 13.2. The van der Waals surface area contributed by atoms with Gasteiger partial charge in [-0.05, 0) is 69.7 Å². The molecule has 0 aliphatic heterocycles. The van der Waals surface area contributed by atoms with E-state index in [4.69, 9.17) is 26.1 Å². The molecule has 0 unspecified atom stereocenters. The zero-order valence-corrected chi connectivity index (χ0v) is 19.6. The normalized spacial score (nSPS) is 11.4. The minimum atomic E-state index is -0.108. The van der Waals surface area contributed by atoms with Gasteiger partial charge < -0.3 is 4.42 Å². The van der Waals surface area contributed by atoms with Crippen LogP contribution in [0.3, 0.4) is 0 Å². The molecular weight excluding hydrogens is 436 g/mol. The molecule has 6 nitrogen and oxygen atoms in total. The number of aromatic nitrogens is 4. The molecule has 2 aromatic carbocycles. The number of halogens is 1. The number of benzene rings is 2. The van der Waals surface area contributed by atoms with Gasteiger partial charge in [-0.15, -0.1) is 0 Å². The molecule has 3 aromatic heterocycles. The lowest BCUT2D eigenvalue weighted by atomic mass is 10.1. The number of hydrogen-bond acceptors (Lipinski definition) is 4. The molecule has 0 saturated carbocycles. The first-order valence-corrected chi connectivity index (χ1v) is 11.1. The molecule has 0 aliphatic rings. The standard InChI is InChI=1S/C26H23ClN4O2/c1-15-5-11-21(12-6-15)31-26-24(17(3)29-31)16(2)13-23(32)30(26)14-22-18(4)33-25(28-22)19-7-9-20(27)10-8-19/h5-13H,14H2,1-4H3. The Balaban J connectivity index is 1.67. The zero-order chi connectivity index (χ0) is 23.3. The number of nitrogens with zero attached hydrogens (tertiary/aromatic N) is 4. The Morgan fingerprint density at radius 3 is 2.36 bits per heavy atom. The lowest BCUT2D eigenvalue weighted by Gasteiger charge is -2.12. The Hall–Kier alpha value is -3.64. The first kappa shape index (κ1) is 21.2. The molecule has 0 atom stereocenters. The molecule has 0 bridgehead atoms. The molecule has 0 N–H and O–H groups in total. The number of oxazole rings is 1. The van der Waals surface area contributed by atoms with Crippen molar-refractivity contribution < 1.29 is 4.42 Å². The van der Waals surface area contributed by atoms with Gasteiger partial charge in [0.1, 0.15) is 17.1 Å². The van der Waals surface area contributed by atoms with Crippen LogP contribution in [0.1, 0.15) is 28.3 Å².